The van der Waals surface area contributed by atoms with Crippen molar-refractivity contribution in [3.8, 4) is 33.4 Å². The number of fused-ring (bicyclic) bond motifs is 6. The molecule has 0 saturated carbocycles. The van der Waals surface area contributed by atoms with Crippen LogP contribution in [-0.4, -0.2) is 0 Å². The molecule has 53 heavy (non-hydrogen) atoms. The van der Waals surface area contributed by atoms with Crippen LogP contribution in [0, 0.1) is 0 Å². The molecule has 252 valence electrons. The minimum atomic E-state index is -0.419. The lowest BCUT2D eigenvalue weighted by molar-refractivity contribution is 0.660. The molecule has 1 nitrogen and oxygen atoms in total. The zero-order chi connectivity index (χ0) is 35.6. The summed E-state index contributed by atoms with van der Waals surface area (Å²) < 4.78 is 0. The Kier molecular flexibility index (Phi) is 7.13. The maximum absolute atomic E-state index is 2.43. The molecule has 1 heteroatoms. The van der Waals surface area contributed by atoms with Crippen LogP contribution in [0.3, 0.4) is 0 Å². The summed E-state index contributed by atoms with van der Waals surface area (Å²) in [6, 6.07) is 73.8. The van der Waals surface area contributed by atoms with Gasteiger partial charge < -0.3 is 4.90 Å². The minimum Gasteiger partial charge on any atom is -0.310 e. The van der Waals surface area contributed by atoms with Crippen molar-refractivity contribution in [2.45, 2.75) is 24.7 Å². The van der Waals surface area contributed by atoms with Crippen LogP contribution in [0.15, 0.2) is 200 Å². The molecule has 0 aliphatic heterocycles. The van der Waals surface area contributed by atoms with Crippen molar-refractivity contribution in [2.24, 2.45) is 0 Å². The van der Waals surface area contributed by atoms with Crippen LogP contribution in [0.4, 0.5) is 17.1 Å². The number of benzene rings is 8. The average molecular weight is 678 g/mol. The third-order valence-electron chi connectivity index (χ3n) is 11.8. The smallest absolute Gasteiger partial charge is 0.0713 e. The molecule has 2 aliphatic carbocycles. The van der Waals surface area contributed by atoms with E-state index in [2.05, 4.69) is 219 Å². The number of para-hydroxylation sites is 2. The molecule has 8 aromatic rings. The van der Waals surface area contributed by atoms with Gasteiger partial charge in [-0.25, -0.2) is 0 Å². The topological polar surface area (TPSA) is 3.24 Å². The van der Waals surface area contributed by atoms with Crippen molar-refractivity contribution in [1.29, 1.82) is 0 Å². The van der Waals surface area contributed by atoms with Gasteiger partial charge in [0.1, 0.15) is 0 Å². The number of rotatable bonds is 6. The highest BCUT2D eigenvalue weighted by atomic mass is 15.1. The van der Waals surface area contributed by atoms with Crippen LogP contribution in [0.2, 0.25) is 0 Å². The van der Waals surface area contributed by atoms with E-state index < -0.39 is 5.41 Å². The van der Waals surface area contributed by atoms with Crippen LogP contribution in [0.25, 0.3) is 33.4 Å². The molecule has 0 unspecified atom stereocenters. The SMILES string of the molecule is CC1(C)c2ccccc2-c2ccc(N(c3ccccc3)c3ccccc3-c3ccc(C4(c5ccccc5)c5ccccc5-c5ccccc54)cc3)cc21. The Labute approximate surface area is 312 Å². The van der Waals surface area contributed by atoms with E-state index in [1.165, 1.54) is 66.8 Å². The lowest BCUT2D eigenvalue weighted by atomic mass is 9.67. The summed E-state index contributed by atoms with van der Waals surface area (Å²) >= 11 is 0. The van der Waals surface area contributed by atoms with Crippen LogP contribution in [-0.2, 0) is 10.8 Å². The summed E-state index contributed by atoms with van der Waals surface area (Å²) in [4.78, 5) is 2.43. The fraction of sp³-hybridized carbons (Fsp3) is 0.0769. The number of hydrogen-bond donors (Lipinski definition) is 0. The van der Waals surface area contributed by atoms with Gasteiger partial charge in [-0.05, 0) is 91.5 Å². The highest BCUT2D eigenvalue weighted by molar-refractivity contribution is 5.91. The van der Waals surface area contributed by atoms with E-state index in [4.69, 9.17) is 0 Å². The van der Waals surface area contributed by atoms with E-state index in [-0.39, 0.29) is 5.41 Å². The van der Waals surface area contributed by atoms with Crippen molar-refractivity contribution in [3.63, 3.8) is 0 Å². The summed E-state index contributed by atoms with van der Waals surface area (Å²) in [7, 11) is 0. The average Bonchev–Trinajstić information content (AvgIpc) is 3.65. The maximum Gasteiger partial charge on any atom is 0.0713 e. The molecular weight excluding hydrogens is 639 g/mol. The summed E-state index contributed by atoms with van der Waals surface area (Å²) in [5, 5.41) is 0. The van der Waals surface area contributed by atoms with E-state index in [0.29, 0.717) is 0 Å². The van der Waals surface area contributed by atoms with Gasteiger partial charge in [0, 0.05) is 22.4 Å². The number of anilines is 3. The molecule has 0 amide bonds. The Morgan fingerprint density at radius 3 is 1.45 bits per heavy atom. The fourth-order valence-corrected chi connectivity index (χ4v) is 9.36. The Hall–Kier alpha value is -6.44. The van der Waals surface area contributed by atoms with Gasteiger partial charge in [0.2, 0.25) is 0 Å². The quantitative estimate of drug-likeness (QED) is 0.169. The van der Waals surface area contributed by atoms with Gasteiger partial charge in [-0.2, -0.15) is 0 Å². The predicted octanol–water partition coefficient (Wildman–Crippen LogP) is 13.5. The molecule has 0 atom stereocenters. The Morgan fingerprint density at radius 1 is 0.340 bits per heavy atom. The van der Waals surface area contributed by atoms with E-state index in [0.717, 1.165) is 17.1 Å². The van der Waals surface area contributed by atoms with Gasteiger partial charge in [0.25, 0.3) is 0 Å². The first-order valence-electron chi connectivity index (χ1n) is 18.6. The summed E-state index contributed by atoms with van der Waals surface area (Å²) in [5.74, 6) is 0. The summed E-state index contributed by atoms with van der Waals surface area (Å²) in [6.07, 6.45) is 0. The van der Waals surface area contributed by atoms with Crippen LogP contribution < -0.4 is 4.90 Å². The molecule has 8 aromatic carbocycles. The second kappa shape index (κ2) is 12.1. The second-order valence-electron chi connectivity index (χ2n) is 14.9. The summed E-state index contributed by atoms with van der Waals surface area (Å²) in [5.41, 5.74) is 18.5. The zero-order valence-electron chi connectivity index (χ0n) is 30.0. The standard InChI is InChI=1S/C52H39N/c1-51(2)46-25-13-9-22-42(46)45-34-33-40(35-49(45)51)53(39-19-7-4-8-20-39)50-28-16-12-21-41(50)36-29-31-38(32-30-36)52(37-17-5-3-6-18-37)47-26-14-10-23-43(47)44-24-11-15-27-48(44)52/h3-35H,1-2H3. The number of hydrogen-bond acceptors (Lipinski definition) is 1. The molecule has 10 rings (SSSR count). The summed E-state index contributed by atoms with van der Waals surface area (Å²) in [6.45, 7) is 4.71. The van der Waals surface area contributed by atoms with Gasteiger partial charge in [-0.3, -0.25) is 0 Å². The lowest BCUT2D eigenvalue weighted by Crippen LogP contribution is -2.28. The first-order chi connectivity index (χ1) is 26.1. The third kappa shape index (κ3) is 4.64. The molecule has 0 radical (unpaired) electrons. The fourth-order valence-electron chi connectivity index (χ4n) is 9.36. The maximum atomic E-state index is 2.43. The van der Waals surface area contributed by atoms with Gasteiger partial charge >= 0.3 is 0 Å². The normalized spacial score (nSPS) is 14.2. The molecule has 0 fully saturated rings. The molecule has 0 N–H and O–H groups in total. The van der Waals surface area contributed by atoms with Crippen LogP contribution >= 0.6 is 0 Å². The molecule has 2 aliphatic rings. The van der Waals surface area contributed by atoms with Crippen LogP contribution in [0.1, 0.15) is 47.2 Å². The minimum absolute atomic E-state index is 0.0914. The molecular formula is C52H39N. The Bertz CT molecular complexity index is 2590. The van der Waals surface area contributed by atoms with Crippen molar-refractivity contribution < 1.29 is 0 Å². The highest BCUT2D eigenvalue weighted by Crippen LogP contribution is 2.56. The monoisotopic (exact) mass is 677 g/mol. The van der Waals surface area contributed by atoms with Gasteiger partial charge in [-0.1, -0.05) is 184 Å². The Balaban J connectivity index is 1.13. The first kappa shape index (κ1) is 31.3. The molecule has 0 saturated heterocycles. The van der Waals surface area contributed by atoms with Crippen molar-refractivity contribution in [2.75, 3.05) is 4.90 Å². The van der Waals surface area contributed by atoms with Gasteiger partial charge in [0.05, 0.1) is 11.1 Å². The Morgan fingerprint density at radius 2 is 0.811 bits per heavy atom. The van der Waals surface area contributed by atoms with E-state index in [1.54, 1.807) is 0 Å². The molecule has 0 bridgehead atoms. The molecule has 0 spiro atoms. The van der Waals surface area contributed by atoms with E-state index in [1.807, 2.05) is 0 Å². The van der Waals surface area contributed by atoms with Crippen molar-refractivity contribution in [1.82, 2.24) is 0 Å². The van der Waals surface area contributed by atoms with E-state index in [9.17, 15) is 0 Å². The van der Waals surface area contributed by atoms with Crippen LogP contribution in [0.5, 0.6) is 0 Å². The first-order valence-corrected chi connectivity index (χ1v) is 18.6. The number of nitrogens with zero attached hydrogens (tertiary/aromatic N) is 1. The van der Waals surface area contributed by atoms with Gasteiger partial charge in [0.15, 0.2) is 0 Å². The molecule has 0 aromatic heterocycles. The zero-order valence-corrected chi connectivity index (χ0v) is 30.0. The third-order valence-corrected chi connectivity index (χ3v) is 11.8. The molecule has 0 heterocycles. The largest absolute Gasteiger partial charge is 0.310 e. The van der Waals surface area contributed by atoms with Gasteiger partial charge in [-0.15, -0.1) is 0 Å². The van der Waals surface area contributed by atoms with Crippen molar-refractivity contribution in [3.05, 3.63) is 234 Å². The van der Waals surface area contributed by atoms with E-state index >= 15 is 0 Å². The van der Waals surface area contributed by atoms with Crippen molar-refractivity contribution >= 4 is 17.1 Å². The lowest BCUT2D eigenvalue weighted by Gasteiger charge is -2.34. The predicted molar refractivity (Wildman–Crippen MR) is 221 cm³/mol. The second-order valence-corrected chi connectivity index (χ2v) is 14.9. The highest BCUT2D eigenvalue weighted by Gasteiger charge is 2.45.